The number of amides is 1. The Labute approximate surface area is 169 Å². The summed E-state index contributed by atoms with van der Waals surface area (Å²) in [6.45, 7) is 3.86. The van der Waals surface area contributed by atoms with Crippen LogP contribution in [0.1, 0.15) is 21.5 Å². The largest absolute Gasteiger partial charge is 0.322 e. The number of rotatable bonds is 5. The van der Waals surface area contributed by atoms with E-state index in [1.165, 1.54) is 24.3 Å². The van der Waals surface area contributed by atoms with Gasteiger partial charge in [0.2, 0.25) is 0 Å². The summed E-state index contributed by atoms with van der Waals surface area (Å²) < 4.78 is 27.3. The first-order valence-corrected chi connectivity index (χ1v) is 10.4. The van der Waals surface area contributed by atoms with Crippen molar-refractivity contribution in [2.75, 3.05) is 10.0 Å². The van der Waals surface area contributed by atoms with Crippen molar-refractivity contribution in [1.82, 2.24) is 0 Å². The lowest BCUT2D eigenvalue weighted by Gasteiger charge is -2.12. The standard InChI is InChI=1S/C21H19ClN2O3S/c1-14-4-3-5-15(2)20(14)23-21(25)16-6-10-18(11-7-16)24-28(26,27)19-12-8-17(22)9-13-19/h3-13,24H,1-2H3,(H,23,25). The minimum Gasteiger partial charge on any atom is -0.322 e. The average molecular weight is 415 g/mol. The summed E-state index contributed by atoms with van der Waals surface area (Å²) in [5, 5.41) is 3.36. The number of benzene rings is 3. The molecule has 28 heavy (non-hydrogen) atoms. The van der Waals surface area contributed by atoms with Gasteiger partial charge in [0.15, 0.2) is 0 Å². The predicted molar refractivity (Wildman–Crippen MR) is 113 cm³/mol. The van der Waals surface area contributed by atoms with Crippen molar-refractivity contribution in [2.45, 2.75) is 18.7 Å². The third kappa shape index (κ3) is 4.52. The van der Waals surface area contributed by atoms with Crippen LogP contribution in [0.5, 0.6) is 0 Å². The van der Waals surface area contributed by atoms with E-state index in [2.05, 4.69) is 10.0 Å². The number of para-hydroxylation sites is 1. The minimum absolute atomic E-state index is 0.105. The molecule has 1 amide bonds. The van der Waals surface area contributed by atoms with Gasteiger partial charge in [0.1, 0.15) is 0 Å². The van der Waals surface area contributed by atoms with E-state index in [9.17, 15) is 13.2 Å². The molecule has 5 nitrogen and oxygen atoms in total. The van der Waals surface area contributed by atoms with Crippen LogP contribution in [0.25, 0.3) is 0 Å². The predicted octanol–water partition coefficient (Wildman–Crippen LogP) is 5.01. The zero-order chi connectivity index (χ0) is 20.3. The van der Waals surface area contributed by atoms with Gasteiger partial charge in [-0.2, -0.15) is 0 Å². The lowest BCUT2D eigenvalue weighted by Crippen LogP contribution is -2.15. The highest BCUT2D eigenvalue weighted by Gasteiger charge is 2.15. The van der Waals surface area contributed by atoms with Crippen molar-refractivity contribution in [3.63, 3.8) is 0 Å². The van der Waals surface area contributed by atoms with Crippen molar-refractivity contribution in [3.8, 4) is 0 Å². The Morgan fingerprint density at radius 1 is 0.857 bits per heavy atom. The van der Waals surface area contributed by atoms with Gasteiger partial charge in [-0.3, -0.25) is 9.52 Å². The Morgan fingerprint density at radius 3 is 2.00 bits per heavy atom. The van der Waals surface area contributed by atoms with Gasteiger partial charge in [0, 0.05) is 22.0 Å². The fourth-order valence-corrected chi connectivity index (χ4v) is 3.90. The third-order valence-corrected chi connectivity index (χ3v) is 5.89. The maximum Gasteiger partial charge on any atom is 0.261 e. The van der Waals surface area contributed by atoms with Crippen molar-refractivity contribution < 1.29 is 13.2 Å². The monoisotopic (exact) mass is 414 g/mol. The Hall–Kier alpha value is -2.83. The Morgan fingerprint density at radius 2 is 1.43 bits per heavy atom. The van der Waals surface area contributed by atoms with Crippen LogP contribution >= 0.6 is 11.6 Å². The van der Waals surface area contributed by atoms with Crippen LogP contribution in [0.4, 0.5) is 11.4 Å². The maximum atomic E-state index is 12.5. The molecule has 0 fully saturated rings. The highest BCUT2D eigenvalue weighted by Crippen LogP contribution is 2.22. The summed E-state index contributed by atoms with van der Waals surface area (Å²) in [4.78, 5) is 12.6. The van der Waals surface area contributed by atoms with Gasteiger partial charge < -0.3 is 5.32 Å². The molecule has 0 aliphatic carbocycles. The number of halogens is 1. The van der Waals surface area contributed by atoms with Crippen LogP contribution in [0.15, 0.2) is 71.6 Å². The number of anilines is 2. The van der Waals surface area contributed by atoms with Gasteiger partial charge in [-0.1, -0.05) is 29.8 Å². The van der Waals surface area contributed by atoms with Gasteiger partial charge in [-0.25, -0.2) is 8.42 Å². The molecule has 0 heterocycles. The molecule has 7 heteroatoms. The lowest BCUT2D eigenvalue weighted by molar-refractivity contribution is 0.102. The molecule has 0 saturated heterocycles. The summed E-state index contributed by atoms with van der Waals surface area (Å²) in [6.07, 6.45) is 0. The summed E-state index contributed by atoms with van der Waals surface area (Å²) in [5.74, 6) is -0.260. The molecule has 0 spiro atoms. The van der Waals surface area contributed by atoms with Gasteiger partial charge in [-0.15, -0.1) is 0 Å². The number of aryl methyl sites for hydroxylation is 2. The van der Waals surface area contributed by atoms with Crippen molar-refractivity contribution in [2.24, 2.45) is 0 Å². The van der Waals surface area contributed by atoms with Crippen molar-refractivity contribution in [3.05, 3.63) is 88.4 Å². The first kappa shape index (κ1) is 19.9. The van der Waals surface area contributed by atoms with E-state index < -0.39 is 10.0 Å². The average Bonchev–Trinajstić information content (AvgIpc) is 2.65. The maximum absolute atomic E-state index is 12.5. The molecule has 0 bridgehead atoms. The highest BCUT2D eigenvalue weighted by atomic mass is 35.5. The highest BCUT2D eigenvalue weighted by molar-refractivity contribution is 7.92. The molecule has 0 radical (unpaired) electrons. The molecule has 144 valence electrons. The number of hydrogen-bond donors (Lipinski definition) is 2. The molecular formula is C21H19ClN2O3S. The minimum atomic E-state index is -3.73. The zero-order valence-electron chi connectivity index (χ0n) is 15.4. The summed E-state index contributed by atoms with van der Waals surface area (Å²) in [7, 11) is -3.73. The van der Waals surface area contributed by atoms with Gasteiger partial charge in [0.05, 0.1) is 4.90 Å². The summed E-state index contributed by atoms with van der Waals surface area (Å²) in [6, 6.07) is 17.9. The molecule has 0 aliphatic heterocycles. The fourth-order valence-electron chi connectivity index (χ4n) is 2.71. The quantitative estimate of drug-likeness (QED) is 0.616. The lowest BCUT2D eigenvalue weighted by atomic mass is 10.1. The first-order chi connectivity index (χ1) is 13.3. The smallest absolute Gasteiger partial charge is 0.261 e. The molecule has 0 aromatic heterocycles. The normalized spacial score (nSPS) is 11.1. The number of carbonyl (C=O) groups is 1. The summed E-state index contributed by atoms with van der Waals surface area (Å²) in [5.41, 5.74) is 3.51. The Balaban J connectivity index is 1.74. The number of carbonyl (C=O) groups excluding carboxylic acids is 1. The number of hydrogen-bond acceptors (Lipinski definition) is 3. The molecule has 3 aromatic rings. The molecular weight excluding hydrogens is 396 g/mol. The van der Waals surface area contributed by atoms with E-state index in [0.717, 1.165) is 16.8 Å². The second-order valence-corrected chi connectivity index (χ2v) is 8.48. The molecule has 0 atom stereocenters. The van der Waals surface area contributed by atoms with Crippen molar-refractivity contribution >= 4 is 38.9 Å². The Bertz CT molecular complexity index is 1090. The van der Waals surface area contributed by atoms with E-state index in [0.29, 0.717) is 16.3 Å². The van der Waals surface area contributed by atoms with Gasteiger partial charge >= 0.3 is 0 Å². The molecule has 3 rings (SSSR count). The molecule has 0 saturated carbocycles. The van der Waals surface area contributed by atoms with Crippen LogP contribution in [-0.2, 0) is 10.0 Å². The van der Waals surface area contributed by atoms with Crippen LogP contribution in [0.2, 0.25) is 5.02 Å². The Kier molecular flexibility index (Phi) is 5.72. The fraction of sp³-hybridized carbons (Fsp3) is 0.0952. The molecule has 0 aliphatic rings. The van der Waals surface area contributed by atoms with E-state index in [1.807, 2.05) is 32.0 Å². The molecule has 2 N–H and O–H groups in total. The van der Waals surface area contributed by atoms with Crippen LogP contribution < -0.4 is 10.0 Å². The summed E-state index contributed by atoms with van der Waals surface area (Å²) >= 11 is 5.79. The van der Waals surface area contributed by atoms with Crippen LogP contribution in [0.3, 0.4) is 0 Å². The van der Waals surface area contributed by atoms with Gasteiger partial charge in [0.25, 0.3) is 15.9 Å². The van der Waals surface area contributed by atoms with E-state index >= 15 is 0 Å². The van der Waals surface area contributed by atoms with Gasteiger partial charge in [-0.05, 0) is 73.5 Å². The van der Waals surface area contributed by atoms with Crippen LogP contribution in [-0.4, -0.2) is 14.3 Å². The topological polar surface area (TPSA) is 75.3 Å². The molecule has 3 aromatic carbocycles. The number of nitrogens with one attached hydrogen (secondary N) is 2. The van der Waals surface area contributed by atoms with Crippen molar-refractivity contribution in [1.29, 1.82) is 0 Å². The SMILES string of the molecule is Cc1cccc(C)c1NC(=O)c1ccc(NS(=O)(=O)c2ccc(Cl)cc2)cc1. The first-order valence-electron chi connectivity index (χ1n) is 8.52. The second kappa shape index (κ2) is 8.04. The van der Waals surface area contributed by atoms with E-state index in [4.69, 9.17) is 11.6 Å². The number of sulfonamides is 1. The second-order valence-electron chi connectivity index (χ2n) is 6.36. The molecule has 0 unspecified atom stereocenters. The van der Waals surface area contributed by atoms with Crippen LogP contribution in [0, 0.1) is 13.8 Å². The van der Waals surface area contributed by atoms with E-state index in [1.54, 1.807) is 24.3 Å². The zero-order valence-corrected chi connectivity index (χ0v) is 16.9. The third-order valence-electron chi connectivity index (χ3n) is 4.24. The van der Waals surface area contributed by atoms with E-state index in [-0.39, 0.29) is 10.8 Å².